The van der Waals surface area contributed by atoms with Gasteiger partial charge in [0.25, 0.3) is 0 Å². The van der Waals surface area contributed by atoms with Gasteiger partial charge in [0.15, 0.2) is 0 Å². The fraction of sp³-hybridized carbons (Fsp3) is 0.400. The fourth-order valence-electron chi connectivity index (χ4n) is 1.97. The Labute approximate surface area is 123 Å². The van der Waals surface area contributed by atoms with Crippen LogP contribution in [0.2, 0.25) is 5.02 Å². The minimum atomic E-state index is 0.0438. The second-order valence-corrected chi connectivity index (χ2v) is 7.04. The second kappa shape index (κ2) is 5.61. The zero-order chi connectivity index (χ0) is 14.0. The molecule has 2 aromatic rings. The topological polar surface area (TPSA) is 24.9 Å². The predicted molar refractivity (Wildman–Crippen MR) is 84.0 cm³/mol. The van der Waals surface area contributed by atoms with Crippen molar-refractivity contribution in [2.45, 2.75) is 32.7 Å². The lowest BCUT2D eigenvalue weighted by Crippen LogP contribution is -2.16. The van der Waals surface area contributed by atoms with Crippen molar-refractivity contribution in [1.82, 2.24) is 10.3 Å². The molecular weight excluding hydrogens is 276 g/mol. The first kappa shape index (κ1) is 14.5. The summed E-state index contributed by atoms with van der Waals surface area (Å²) < 4.78 is 0. The number of rotatable bonds is 3. The van der Waals surface area contributed by atoms with E-state index in [4.69, 9.17) is 16.6 Å². The second-order valence-electron chi connectivity index (χ2n) is 5.55. The Hall–Kier alpha value is -0.900. The van der Waals surface area contributed by atoms with E-state index in [0.717, 1.165) is 27.8 Å². The molecule has 0 bridgehead atoms. The van der Waals surface area contributed by atoms with Crippen LogP contribution in [0.25, 0.3) is 10.6 Å². The molecule has 0 aliphatic heterocycles. The van der Waals surface area contributed by atoms with Crippen LogP contribution in [0.3, 0.4) is 0 Å². The largest absolute Gasteiger partial charge is 0.315 e. The summed E-state index contributed by atoms with van der Waals surface area (Å²) in [5, 5.41) is 4.97. The smallest absolute Gasteiger partial charge is 0.125 e. The van der Waals surface area contributed by atoms with Gasteiger partial charge in [0.1, 0.15) is 5.01 Å². The van der Waals surface area contributed by atoms with Gasteiger partial charge in [0, 0.05) is 22.4 Å². The number of benzene rings is 1. The summed E-state index contributed by atoms with van der Waals surface area (Å²) in [4.78, 5) is 6.11. The minimum absolute atomic E-state index is 0.0438. The van der Waals surface area contributed by atoms with Crippen LogP contribution in [-0.4, -0.2) is 12.0 Å². The Balaban J connectivity index is 2.52. The highest BCUT2D eigenvalue weighted by Crippen LogP contribution is 2.36. The van der Waals surface area contributed by atoms with Gasteiger partial charge in [-0.25, -0.2) is 4.98 Å². The normalized spacial score (nSPS) is 11.8. The van der Waals surface area contributed by atoms with Gasteiger partial charge in [0.05, 0.1) is 10.7 Å². The van der Waals surface area contributed by atoms with Crippen LogP contribution < -0.4 is 5.32 Å². The standard InChI is InChI=1S/C15H19ClN2S/c1-15(2,3)13-12(9-17-4)19-14(18-13)10-7-5-6-8-11(10)16/h5-8,17H,9H2,1-4H3. The maximum Gasteiger partial charge on any atom is 0.125 e. The van der Waals surface area contributed by atoms with Gasteiger partial charge >= 0.3 is 0 Å². The first-order chi connectivity index (χ1) is 8.93. The molecule has 0 aliphatic carbocycles. The monoisotopic (exact) mass is 294 g/mol. The number of thiazole rings is 1. The number of hydrogen-bond donors (Lipinski definition) is 1. The summed E-state index contributed by atoms with van der Waals surface area (Å²) >= 11 is 7.98. The van der Waals surface area contributed by atoms with Crippen LogP contribution in [0, 0.1) is 0 Å². The lowest BCUT2D eigenvalue weighted by atomic mass is 9.91. The van der Waals surface area contributed by atoms with Crippen molar-refractivity contribution in [2.75, 3.05) is 7.05 Å². The number of halogens is 1. The first-order valence-electron chi connectivity index (χ1n) is 6.33. The molecule has 0 fully saturated rings. The molecule has 0 amide bonds. The van der Waals surface area contributed by atoms with E-state index in [9.17, 15) is 0 Å². The third-order valence-electron chi connectivity index (χ3n) is 2.85. The Morgan fingerprint density at radius 1 is 1.26 bits per heavy atom. The van der Waals surface area contributed by atoms with E-state index in [2.05, 4.69) is 26.1 Å². The number of hydrogen-bond acceptors (Lipinski definition) is 3. The Morgan fingerprint density at radius 3 is 2.53 bits per heavy atom. The number of aromatic nitrogens is 1. The fourth-order valence-corrected chi connectivity index (χ4v) is 3.57. The molecule has 1 N–H and O–H groups in total. The van der Waals surface area contributed by atoms with E-state index in [1.54, 1.807) is 11.3 Å². The molecule has 1 heterocycles. The maximum absolute atomic E-state index is 6.26. The summed E-state index contributed by atoms with van der Waals surface area (Å²) in [6.45, 7) is 7.42. The molecule has 0 unspecified atom stereocenters. The van der Waals surface area contributed by atoms with Crippen LogP contribution in [0.15, 0.2) is 24.3 Å². The Bertz CT molecular complexity index is 570. The summed E-state index contributed by atoms with van der Waals surface area (Å²) in [6.07, 6.45) is 0. The van der Waals surface area contributed by atoms with Crippen molar-refractivity contribution in [3.8, 4) is 10.6 Å². The molecule has 0 spiro atoms. The van der Waals surface area contributed by atoms with Gasteiger partial charge in [-0.2, -0.15) is 0 Å². The zero-order valence-electron chi connectivity index (χ0n) is 11.7. The van der Waals surface area contributed by atoms with E-state index in [1.165, 1.54) is 4.88 Å². The average Bonchev–Trinajstić information content (AvgIpc) is 2.74. The maximum atomic E-state index is 6.26. The molecule has 0 atom stereocenters. The highest BCUT2D eigenvalue weighted by atomic mass is 35.5. The molecule has 2 rings (SSSR count). The lowest BCUT2D eigenvalue weighted by molar-refractivity contribution is 0.563. The molecule has 102 valence electrons. The van der Waals surface area contributed by atoms with Crippen LogP contribution in [-0.2, 0) is 12.0 Å². The number of nitrogens with one attached hydrogen (secondary N) is 1. The minimum Gasteiger partial charge on any atom is -0.315 e. The Morgan fingerprint density at radius 2 is 1.95 bits per heavy atom. The van der Waals surface area contributed by atoms with Gasteiger partial charge in [0.2, 0.25) is 0 Å². The van der Waals surface area contributed by atoms with Gasteiger partial charge in [-0.15, -0.1) is 11.3 Å². The van der Waals surface area contributed by atoms with Crippen molar-refractivity contribution in [3.05, 3.63) is 39.9 Å². The molecule has 4 heteroatoms. The van der Waals surface area contributed by atoms with E-state index < -0.39 is 0 Å². The molecule has 19 heavy (non-hydrogen) atoms. The summed E-state index contributed by atoms with van der Waals surface area (Å²) in [5.74, 6) is 0. The van der Waals surface area contributed by atoms with Gasteiger partial charge in [-0.3, -0.25) is 0 Å². The molecule has 0 saturated carbocycles. The quantitative estimate of drug-likeness (QED) is 0.903. The summed E-state index contributed by atoms with van der Waals surface area (Å²) in [5.41, 5.74) is 2.21. The lowest BCUT2D eigenvalue weighted by Gasteiger charge is -2.17. The summed E-state index contributed by atoms with van der Waals surface area (Å²) in [6, 6.07) is 7.87. The van der Waals surface area contributed by atoms with Gasteiger partial charge < -0.3 is 5.32 Å². The third kappa shape index (κ3) is 3.16. The highest BCUT2D eigenvalue weighted by Gasteiger charge is 2.23. The summed E-state index contributed by atoms with van der Waals surface area (Å²) in [7, 11) is 1.96. The van der Waals surface area contributed by atoms with Crippen LogP contribution in [0.4, 0.5) is 0 Å². The van der Waals surface area contributed by atoms with Gasteiger partial charge in [-0.1, -0.05) is 50.6 Å². The molecule has 2 nitrogen and oxygen atoms in total. The molecule has 1 aromatic carbocycles. The van der Waals surface area contributed by atoms with Crippen LogP contribution in [0.5, 0.6) is 0 Å². The van der Waals surface area contributed by atoms with Crippen molar-refractivity contribution < 1.29 is 0 Å². The highest BCUT2D eigenvalue weighted by molar-refractivity contribution is 7.15. The van der Waals surface area contributed by atoms with Crippen molar-refractivity contribution in [2.24, 2.45) is 0 Å². The molecular formula is C15H19ClN2S. The molecule has 0 saturated heterocycles. The third-order valence-corrected chi connectivity index (χ3v) is 4.27. The van der Waals surface area contributed by atoms with Gasteiger partial charge in [-0.05, 0) is 13.1 Å². The Kier molecular flexibility index (Phi) is 4.29. The first-order valence-corrected chi connectivity index (χ1v) is 7.52. The van der Waals surface area contributed by atoms with Crippen molar-refractivity contribution in [1.29, 1.82) is 0 Å². The van der Waals surface area contributed by atoms with Crippen molar-refractivity contribution in [3.63, 3.8) is 0 Å². The van der Waals surface area contributed by atoms with Crippen LogP contribution >= 0.6 is 22.9 Å². The SMILES string of the molecule is CNCc1sc(-c2ccccc2Cl)nc1C(C)(C)C. The molecule has 1 aromatic heterocycles. The molecule has 0 aliphatic rings. The van der Waals surface area contributed by atoms with E-state index >= 15 is 0 Å². The van der Waals surface area contributed by atoms with Crippen LogP contribution in [0.1, 0.15) is 31.3 Å². The van der Waals surface area contributed by atoms with E-state index in [-0.39, 0.29) is 5.41 Å². The molecule has 0 radical (unpaired) electrons. The van der Waals surface area contributed by atoms with E-state index in [0.29, 0.717) is 0 Å². The predicted octanol–water partition coefficient (Wildman–Crippen LogP) is 4.48. The zero-order valence-corrected chi connectivity index (χ0v) is 13.3. The van der Waals surface area contributed by atoms with Crippen molar-refractivity contribution >= 4 is 22.9 Å². The van der Waals surface area contributed by atoms with E-state index in [1.807, 2.05) is 31.3 Å². The average molecular weight is 295 g/mol. The number of nitrogens with zero attached hydrogens (tertiary/aromatic N) is 1.